The van der Waals surface area contributed by atoms with Crippen LogP contribution >= 0.6 is 0 Å². The van der Waals surface area contributed by atoms with E-state index >= 15 is 0 Å². The largest absolute Gasteiger partial charge is 0.348 e. The van der Waals surface area contributed by atoms with Crippen LogP contribution < -0.4 is 15.8 Å². The Labute approximate surface area is 146 Å². The first kappa shape index (κ1) is 18.6. The van der Waals surface area contributed by atoms with Crippen LogP contribution in [-0.4, -0.2) is 26.8 Å². The molecule has 4 N–H and O–H groups in total. The number of nitrogens with one attached hydrogen (secondary N) is 2. The zero-order valence-electron chi connectivity index (χ0n) is 13.4. The molecule has 0 aliphatic carbocycles. The van der Waals surface area contributed by atoms with Gasteiger partial charge in [0.15, 0.2) is 0 Å². The Hall–Kier alpha value is -2.71. The van der Waals surface area contributed by atoms with Crippen molar-refractivity contribution in [3.8, 4) is 0 Å². The number of benzene rings is 2. The molecule has 2 aromatic rings. The molecule has 0 heterocycles. The highest BCUT2D eigenvalue weighted by Crippen LogP contribution is 2.08. The van der Waals surface area contributed by atoms with E-state index in [1.807, 2.05) is 30.3 Å². The summed E-state index contributed by atoms with van der Waals surface area (Å²) in [4.78, 5) is 23.5. The van der Waals surface area contributed by atoms with Gasteiger partial charge in [0.25, 0.3) is 0 Å². The monoisotopic (exact) mass is 361 g/mol. The number of carbonyl (C=O) groups is 2. The quantitative estimate of drug-likeness (QED) is 0.642. The average molecular weight is 361 g/mol. The molecule has 0 bridgehead atoms. The predicted molar refractivity (Wildman–Crippen MR) is 92.8 cm³/mol. The molecule has 0 radical (unpaired) electrons. The molecule has 0 aliphatic heterocycles. The molecule has 132 valence electrons. The minimum absolute atomic E-state index is 0.0127. The van der Waals surface area contributed by atoms with E-state index in [1.165, 1.54) is 24.3 Å². The van der Waals surface area contributed by atoms with E-state index in [9.17, 15) is 18.0 Å². The summed E-state index contributed by atoms with van der Waals surface area (Å²) in [5.74, 6) is -1.46. The summed E-state index contributed by atoms with van der Waals surface area (Å²) in [6.45, 7) is 0.467. The van der Waals surface area contributed by atoms with E-state index in [4.69, 9.17) is 5.14 Å². The molecule has 8 heteroatoms. The van der Waals surface area contributed by atoms with Crippen molar-refractivity contribution in [2.24, 2.45) is 5.14 Å². The summed E-state index contributed by atoms with van der Waals surface area (Å²) < 4.78 is 22.3. The van der Waals surface area contributed by atoms with E-state index in [0.29, 0.717) is 18.5 Å². The third-order valence-corrected chi connectivity index (χ3v) is 4.38. The van der Waals surface area contributed by atoms with Crippen LogP contribution in [0.5, 0.6) is 0 Å². The molecule has 7 nitrogen and oxygen atoms in total. The van der Waals surface area contributed by atoms with Crippen molar-refractivity contribution in [3.05, 3.63) is 65.7 Å². The minimum Gasteiger partial charge on any atom is -0.348 e. The molecule has 0 aromatic heterocycles. The summed E-state index contributed by atoms with van der Waals surface area (Å²) in [5, 5.41) is 10.0. The topological polar surface area (TPSA) is 118 Å². The van der Waals surface area contributed by atoms with Crippen LogP contribution in [0.4, 0.5) is 0 Å². The summed E-state index contributed by atoms with van der Waals surface area (Å²) in [6.07, 6.45) is 0.634. The third kappa shape index (κ3) is 6.02. The molecule has 0 spiro atoms. The number of hydrogen-bond donors (Lipinski definition) is 3. The van der Waals surface area contributed by atoms with Crippen molar-refractivity contribution in [1.29, 1.82) is 0 Å². The van der Waals surface area contributed by atoms with Crippen LogP contribution in [0.25, 0.3) is 0 Å². The Morgan fingerprint density at radius 3 is 2.04 bits per heavy atom. The Balaban J connectivity index is 1.76. The number of hydrogen-bond acceptors (Lipinski definition) is 4. The van der Waals surface area contributed by atoms with E-state index in [2.05, 4.69) is 10.6 Å². The third-order valence-electron chi connectivity index (χ3n) is 3.45. The fourth-order valence-corrected chi connectivity index (χ4v) is 2.62. The summed E-state index contributed by atoms with van der Waals surface area (Å²) in [6, 6.07) is 15.3. The number of sulfonamides is 1. The lowest BCUT2D eigenvalue weighted by Crippen LogP contribution is -2.40. The van der Waals surface area contributed by atoms with E-state index in [1.54, 1.807) is 0 Å². The maximum atomic E-state index is 11.7. The Kier molecular flexibility index (Phi) is 6.26. The molecule has 0 saturated heterocycles. The van der Waals surface area contributed by atoms with Crippen LogP contribution in [0.15, 0.2) is 59.5 Å². The lowest BCUT2D eigenvalue weighted by Gasteiger charge is -2.07. The predicted octanol–water partition coefficient (Wildman–Crippen LogP) is 0.309. The molecule has 2 rings (SSSR count). The Morgan fingerprint density at radius 2 is 1.44 bits per heavy atom. The van der Waals surface area contributed by atoms with Crippen molar-refractivity contribution in [2.45, 2.75) is 17.9 Å². The van der Waals surface area contributed by atoms with Crippen molar-refractivity contribution in [3.63, 3.8) is 0 Å². The Bertz CT molecular complexity index is 834. The number of nitrogens with two attached hydrogens (primary N) is 1. The lowest BCUT2D eigenvalue weighted by molar-refractivity contribution is -0.139. The molecule has 0 aliphatic rings. The highest BCUT2D eigenvalue weighted by molar-refractivity contribution is 7.89. The summed E-state index contributed by atoms with van der Waals surface area (Å²) >= 11 is 0. The summed E-state index contributed by atoms with van der Waals surface area (Å²) in [7, 11) is -3.75. The highest BCUT2D eigenvalue weighted by atomic mass is 32.2. The number of carbonyl (C=O) groups excluding carboxylic acids is 2. The van der Waals surface area contributed by atoms with Crippen LogP contribution in [0.3, 0.4) is 0 Å². The standard InChI is InChI=1S/C17H19N3O4S/c18-25(23,24)15-8-6-14(7-9-15)12-20-17(22)16(21)19-11-10-13-4-2-1-3-5-13/h1-9H,10-12H2,(H,19,21)(H,20,22)(H2,18,23,24). The van der Waals surface area contributed by atoms with E-state index in [0.717, 1.165) is 5.56 Å². The molecule has 0 saturated carbocycles. The Morgan fingerprint density at radius 1 is 0.840 bits per heavy atom. The molecule has 0 fully saturated rings. The summed E-state index contributed by atoms with van der Waals surface area (Å²) in [5.41, 5.74) is 1.72. The molecule has 2 amide bonds. The average Bonchev–Trinajstić information content (AvgIpc) is 2.60. The van der Waals surface area contributed by atoms with Crippen LogP contribution in [-0.2, 0) is 32.6 Å². The maximum absolute atomic E-state index is 11.7. The molecule has 0 unspecified atom stereocenters. The molecular formula is C17H19N3O4S. The zero-order valence-corrected chi connectivity index (χ0v) is 14.3. The first-order valence-corrected chi connectivity index (χ1v) is 9.12. The smallest absolute Gasteiger partial charge is 0.309 e. The van der Waals surface area contributed by atoms with Gasteiger partial charge in [0.2, 0.25) is 10.0 Å². The van der Waals surface area contributed by atoms with Gasteiger partial charge in [0.05, 0.1) is 4.90 Å². The SMILES string of the molecule is NS(=O)(=O)c1ccc(CNC(=O)C(=O)NCCc2ccccc2)cc1. The minimum atomic E-state index is -3.75. The van der Waals surface area contributed by atoms with Gasteiger partial charge >= 0.3 is 11.8 Å². The molecule has 2 aromatic carbocycles. The number of amides is 2. The van der Waals surface area contributed by atoms with Crippen LogP contribution in [0.2, 0.25) is 0 Å². The van der Waals surface area contributed by atoms with E-state index < -0.39 is 21.8 Å². The van der Waals surface area contributed by atoms with Crippen molar-refractivity contribution in [1.82, 2.24) is 10.6 Å². The van der Waals surface area contributed by atoms with Gasteiger partial charge in [-0.1, -0.05) is 42.5 Å². The lowest BCUT2D eigenvalue weighted by atomic mass is 10.1. The fraction of sp³-hybridized carbons (Fsp3) is 0.176. The second kappa shape index (κ2) is 8.41. The fourth-order valence-electron chi connectivity index (χ4n) is 2.10. The normalized spacial score (nSPS) is 10.9. The van der Waals surface area contributed by atoms with Gasteiger partial charge in [-0.05, 0) is 29.7 Å². The molecular weight excluding hydrogens is 342 g/mol. The first-order valence-electron chi connectivity index (χ1n) is 7.58. The van der Waals surface area contributed by atoms with Crippen molar-refractivity contribution < 1.29 is 18.0 Å². The van der Waals surface area contributed by atoms with Gasteiger partial charge < -0.3 is 10.6 Å². The van der Waals surface area contributed by atoms with Gasteiger partial charge in [-0.15, -0.1) is 0 Å². The van der Waals surface area contributed by atoms with Crippen LogP contribution in [0, 0.1) is 0 Å². The molecule has 25 heavy (non-hydrogen) atoms. The zero-order chi connectivity index (χ0) is 18.3. The van der Waals surface area contributed by atoms with Crippen LogP contribution in [0.1, 0.15) is 11.1 Å². The van der Waals surface area contributed by atoms with Gasteiger partial charge in [0.1, 0.15) is 0 Å². The second-order valence-electron chi connectivity index (χ2n) is 5.36. The second-order valence-corrected chi connectivity index (χ2v) is 6.92. The van der Waals surface area contributed by atoms with Crippen molar-refractivity contribution >= 4 is 21.8 Å². The van der Waals surface area contributed by atoms with Gasteiger partial charge in [-0.2, -0.15) is 0 Å². The van der Waals surface area contributed by atoms with E-state index in [-0.39, 0.29) is 11.4 Å². The molecule has 0 atom stereocenters. The number of primary sulfonamides is 1. The van der Waals surface area contributed by atoms with Gasteiger partial charge in [0, 0.05) is 13.1 Å². The number of rotatable bonds is 6. The van der Waals surface area contributed by atoms with Gasteiger partial charge in [-0.25, -0.2) is 13.6 Å². The highest BCUT2D eigenvalue weighted by Gasteiger charge is 2.12. The van der Waals surface area contributed by atoms with Gasteiger partial charge in [-0.3, -0.25) is 9.59 Å². The van der Waals surface area contributed by atoms with Crippen molar-refractivity contribution in [2.75, 3.05) is 6.54 Å². The maximum Gasteiger partial charge on any atom is 0.309 e. The first-order chi connectivity index (χ1) is 11.9.